The van der Waals surface area contributed by atoms with Gasteiger partial charge in [-0.05, 0) is 52.1 Å². The molecule has 1 atom stereocenters. The van der Waals surface area contributed by atoms with Crippen LogP contribution >= 0.6 is 0 Å². The van der Waals surface area contributed by atoms with E-state index in [-0.39, 0.29) is 11.6 Å². The lowest BCUT2D eigenvalue weighted by atomic mass is 9.85. The van der Waals surface area contributed by atoms with Gasteiger partial charge in [-0.3, -0.25) is 4.90 Å². The zero-order chi connectivity index (χ0) is 17.6. The highest BCUT2D eigenvalue weighted by molar-refractivity contribution is 5.69. The largest absolute Gasteiger partial charge is 0.444 e. The Morgan fingerprint density at radius 1 is 1.38 bits per heavy atom. The molecule has 0 radical (unpaired) electrons. The Bertz CT molecular complexity index is 551. The molecule has 0 saturated carbocycles. The van der Waals surface area contributed by atoms with Crippen molar-refractivity contribution in [1.82, 2.24) is 10.2 Å². The van der Waals surface area contributed by atoms with Crippen molar-refractivity contribution < 1.29 is 9.53 Å². The van der Waals surface area contributed by atoms with Crippen molar-refractivity contribution >= 4 is 6.09 Å². The van der Waals surface area contributed by atoms with Crippen molar-refractivity contribution in [3.05, 3.63) is 48.6 Å². The third-order valence-corrected chi connectivity index (χ3v) is 4.21. The average Bonchev–Trinajstić information content (AvgIpc) is 2.46. The molecule has 4 heteroatoms. The summed E-state index contributed by atoms with van der Waals surface area (Å²) in [6.45, 7) is 12.3. The summed E-state index contributed by atoms with van der Waals surface area (Å²) >= 11 is 0. The van der Waals surface area contributed by atoms with Crippen molar-refractivity contribution in [3.63, 3.8) is 0 Å². The van der Waals surface area contributed by atoms with Gasteiger partial charge in [0.25, 0.3) is 0 Å². The topological polar surface area (TPSA) is 41.6 Å². The first-order chi connectivity index (χ1) is 11.3. The summed E-state index contributed by atoms with van der Waals surface area (Å²) in [7, 11) is 0. The smallest absolute Gasteiger partial charge is 0.408 e. The van der Waals surface area contributed by atoms with E-state index < -0.39 is 5.60 Å². The minimum Gasteiger partial charge on any atom is -0.444 e. The van der Waals surface area contributed by atoms with Gasteiger partial charge in [0.15, 0.2) is 0 Å². The highest BCUT2D eigenvalue weighted by Gasteiger charge is 2.37. The Balaban J connectivity index is 2.04. The Morgan fingerprint density at radius 3 is 2.71 bits per heavy atom. The van der Waals surface area contributed by atoms with E-state index in [0.29, 0.717) is 0 Å². The number of nitrogens with one attached hydrogen (secondary N) is 1. The minimum absolute atomic E-state index is 0.295. The number of rotatable bonds is 5. The molecule has 0 bridgehead atoms. The second-order valence-electron chi connectivity index (χ2n) is 7.70. The van der Waals surface area contributed by atoms with Gasteiger partial charge >= 0.3 is 6.09 Å². The third kappa shape index (κ3) is 5.68. The summed E-state index contributed by atoms with van der Waals surface area (Å²) in [6, 6.07) is 10.5. The number of alkyl carbamates (subject to hydrolysis) is 1. The molecule has 4 nitrogen and oxygen atoms in total. The van der Waals surface area contributed by atoms with E-state index in [0.717, 1.165) is 38.9 Å². The van der Waals surface area contributed by atoms with Gasteiger partial charge in [0.1, 0.15) is 5.60 Å². The molecule has 1 fully saturated rings. The van der Waals surface area contributed by atoms with E-state index in [2.05, 4.69) is 41.1 Å². The van der Waals surface area contributed by atoms with Crippen molar-refractivity contribution in [2.24, 2.45) is 0 Å². The van der Waals surface area contributed by atoms with E-state index in [4.69, 9.17) is 4.74 Å². The molecular weight excluding hydrogens is 300 g/mol. The van der Waals surface area contributed by atoms with Crippen molar-refractivity contribution in [2.75, 3.05) is 13.1 Å². The van der Waals surface area contributed by atoms with Gasteiger partial charge in [0.2, 0.25) is 0 Å². The summed E-state index contributed by atoms with van der Waals surface area (Å²) in [4.78, 5) is 14.7. The number of carbonyl (C=O) groups is 1. The van der Waals surface area contributed by atoms with Gasteiger partial charge < -0.3 is 10.1 Å². The number of hydrogen-bond acceptors (Lipinski definition) is 3. The van der Waals surface area contributed by atoms with Crippen LogP contribution in [0.1, 0.15) is 45.6 Å². The van der Waals surface area contributed by atoms with Gasteiger partial charge in [-0.15, -0.1) is 6.58 Å². The van der Waals surface area contributed by atoms with E-state index in [1.165, 1.54) is 5.56 Å². The van der Waals surface area contributed by atoms with Crippen LogP contribution in [0, 0.1) is 0 Å². The van der Waals surface area contributed by atoms with Gasteiger partial charge in [-0.1, -0.05) is 36.4 Å². The fourth-order valence-corrected chi connectivity index (χ4v) is 3.32. The van der Waals surface area contributed by atoms with Crippen LogP contribution in [0.4, 0.5) is 4.79 Å². The van der Waals surface area contributed by atoms with Crippen LogP contribution in [-0.4, -0.2) is 35.2 Å². The molecule has 2 rings (SSSR count). The van der Waals surface area contributed by atoms with Gasteiger partial charge in [0.05, 0.1) is 5.54 Å². The molecule has 1 N–H and O–H groups in total. The highest BCUT2D eigenvalue weighted by Crippen LogP contribution is 2.27. The van der Waals surface area contributed by atoms with Gasteiger partial charge in [0, 0.05) is 13.1 Å². The number of nitrogens with zero attached hydrogens (tertiary/aromatic N) is 1. The SMILES string of the molecule is C=CC[C@]1(NC(=O)OC(C)(C)C)CCCN(Cc2ccccc2)C1. The van der Waals surface area contributed by atoms with Crippen molar-refractivity contribution in [1.29, 1.82) is 0 Å². The predicted molar refractivity (Wildman–Crippen MR) is 97.9 cm³/mol. The maximum Gasteiger partial charge on any atom is 0.408 e. The lowest BCUT2D eigenvalue weighted by Crippen LogP contribution is -2.58. The number of likely N-dealkylation sites (tertiary alicyclic amines) is 1. The number of hydrogen-bond donors (Lipinski definition) is 1. The fourth-order valence-electron chi connectivity index (χ4n) is 3.32. The van der Waals surface area contributed by atoms with Gasteiger partial charge in [-0.25, -0.2) is 4.79 Å². The monoisotopic (exact) mass is 330 g/mol. The molecule has 1 aliphatic rings. The maximum atomic E-state index is 12.3. The second kappa shape index (κ2) is 7.84. The normalized spacial score (nSPS) is 22.0. The van der Waals surface area contributed by atoms with Crippen LogP contribution in [0.3, 0.4) is 0 Å². The highest BCUT2D eigenvalue weighted by atomic mass is 16.6. The number of ether oxygens (including phenoxy) is 1. The quantitative estimate of drug-likeness (QED) is 0.826. The maximum absolute atomic E-state index is 12.3. The molecule has 0 aliphatic carbocycles. The van der Waals surface area contributed by atoms with Crippen molar-refractivity contribution in [3.8, 4) is 0 Å². The molecule has 1 aromatic rings. The molecule has 24 heavy (non-hydrogen) atoms. The minimum atomic E-state index is -0.488. The van der Waals surface area contributed by atoms with Crippen LogP contribution in [0.15, 0.2) is 43.0 Å². The summed E-state index contributed by atoms with van der Waals surface area (Å²) in [5.41, 5.74) is 0.513. The molecule has 1 heterocycles. The molecule has 0 spiro atoms. The number of piperidine rings is 1. The molecule has 0 aromatic heterocycles. The van der Waals surface area contributed by atoms with E-state index >= 15 is 0 Å². The second-order valence-corrected chi connectivity index (χ2v) is 7.70. The van der Waals surface area contributed by atoms with Crippen molar-refractivity contribution in [2.45, 2.75) is 57.7 Å². The molecule has 1 aromatic carbocycles. The first-order valence-electron chi connectivity index (χ1n) is 8.70. The average molecular weight is 330 g/mol. The molecule has 1 saturated heterocycles. The summed E-state index contributed by atoms with van der Waals surface area (Å²) in [6.07, 6.45) is 4.30. The lowest BCUT2D eigenvalue weighted by molar-refractivity contribution is 0.0361. The van der Waals surface area contributed by atoms with Gasteiger partial charge in [-0.2, -0.15) is 0 Å². The number of benzene rings is 1. The van der Waals surface area contributed by atoms with E-state index in [1.807, 2.05) is 32.9 Å². The molecule has 1 aliphatic heterocycles. The number of carbonyl (C=O) groups excluding carboxylic acids is 1. The standard InChI is InChI=1S/C20H30N2O2/c1-5-12-20(21-18(23)24-19(2,3)4)13-9-14-22(16-20)15-17-10-7-6-8-11-17/h5-8,10-11H,1,9,12-16H2,2-4H3,(H,21,23)/t20-/m0/s1. The first-order valence-corrected chi connectivity index (χ1v) is 8.70. The third-order valence-electron chi connectivity index (χ3n) is 4.21. The zero-order valence-corrected chi connectivity index (χ0v) is 15.2. The summed E-state index contributed by atoms with van der Waals surface area (Å²) in [5, 5.41) is 3.13. The molecule has 132 valence electrons. The van der Waals surface area contributed by atoms with E-state index in [1.54, 1.807) is 0 Å². The van der Waals surface area contributed by atoms with Crippen LogP contribution in [-0.2, 0) is 11.3 Å². The molecule has 0 unspecified atom stereocenters. The molecule has 1 amide bonds. The molecular formula is C20H30N2O2. The van der Waals surface area contributed by atoms with Crippen LogP contribution in [0.5, 0.6) is 0 Å². The Morgan fingerprint density at radius 2 is 2.08 bits per heavy atom. The van der Waals surface area contributed by atoms with Crippen LogP contribution in [0.2, 0.25) is 0 Å². The fraction of sp³-hybridized carbons (Fsp3) is 0.550. The van der Waals surface area contributed by atoms with E-state index in [9.17, 15) is 4.79 Å². The Hall–Kier alpha value is -1.81. The summed E-state index contributed by atoms with van der Waals surface area (Å²) in [5.74, 6) is 0. The first kappa shape index (κ1) is 18.5. The number of amides is 1. The van der Waals surface area contributed by atoms with Crippen LogP contribution < -0.4 is 5.32 Å². The zero-order valence-electron chi connectivity index (χ0n) is 15.2. The van der Waals surface area contributed by atoms with Crippen LogP contribution in [0.25, 0.3) is 0 Å². The lowest BCUT2D eigenvalue weighted by Gasteiger charge is -2.43. The predicted octanol–water partition coefficient (Wildman–Crippen LogP) is 4.12. The Labute approximate surface area is 145 Å². The summed E-state index contributed by atoms with van der Waals surface area (Å²) < 4.78 is 5.46. The Kier molecular flexibility index (Phi) is 6.05.